The molecule has 180 valence electrons. The maximum atomic E-state index is 12.5. The van der Waals surface area contributed by atoms with Crippen molar-refractivity contribution in [3.63, 3.8) is 0 Å². The first-order valence-corrected chi connectivity index (χ1v) is 11.9. The lowest BCUT2D eigenvalue weighted by atomic mass is 10.1. The molecule has 34 heavy (non-hydrogen) atoms. The highest BCUT2D eigenvalue weighted by molar-refractivity contribution is 9.10. The Morgan fingerprint density at radius 1 is 1.09 bits per heavy atom. The van der Waals surface area contributed by atoms with Gasteiger partial charge in [0.05, 0.1) is 18.1 Å². The van der Waals surface area contributed by atoms with Gasteiger partial charge in [-0.15, -0.1) is 0 Å². The van der Waals surface area contributed by atoms with Crippen LogP contribution in [0.2, 0.25) is 0 Å². The standard InChI is InChI=1S/C25H27BrN2O6/c1-3-11-33-24(31)17-5-8-20(9-6-17)28-14-18(13-23(28)30)25(32)34-15-22(29)27-21-10-7-19(26)12-16(21)4-2/h5-10,12,18H,3-4,11,13-15H2,1-2H3,(H,27,29)/t18-/m0/s1. The lowest BCUT2D eigenvalue weighted by molar-refractivity contribution is -0.151. The highest BCUT2D eigenvalue weighted by Gasteiger charge is 2.36. The quantitative estimate of drug-likeness (QED) is 0.489. The molecule has 1 aliphatic heterocycles. The number of hydrogen-bond acceptors (Lipinski definition) is 6. The zero-order valence-corrected chi connectivity index (χ0v) is 20.7. The number of rotatable bonds is 9. The number of carbonyl (C=O) groups is 4. The highest BCUT2D eigenvalue weighted by Crippen LogP contribution is 2.26. The molecule has 1 aliphatic rings. The number of nitrogens with one attached hydrogen (secondary N) is 1. The summed E-state index contributed by atoms with van der Waals surface area (Å²) in [5.74, 6) is -2.37. The molecule has 1 fully saturated rings. The van der Waals surface area contributed by atoms with Crippen LogP contribution in [0.15, 0.2) is 46.9 Å². The summed E-state index contributed by atoms with van der Waals surface area (Å²) in [6, 6.07) is 12.0. The number of amides is 2. The van der Waals surface area contributed by atoms with Crippen molar-refractivity contribution < 1.29 is 28.7 Å². The number of hydrogen-bond donors (Lipinski definition) is 1. The van der Waals surface area contributed by atoms with E-state index in [1.807, 2.05) is 26.0 Å². The summed E-state index contributed by atoms with van der Waals surface area (Å²) >= 11 is 3.40. The van der Waals surface area contributed by atoms with Crippen molar-refractivity contribution in [2.45, 2.75) is 33.1 Å². The minimum atomic E-state index is -0.673. The number of ether oxygens (including phenoxy) is 2. The van der Waals surface area contributed by atoms with Crippen LogP contribution in [0.25, 0.3) is 0 Å². The second kappa shape index (κ2) is 11.8. The number of aryl methyl sites for hydroxylation is 1. The summed E-state index contributed by atoms with van der Waals surface area (Å²) in [6.45, 7) is 3.94. The minimum Gasteiger partial charge on any atom is -0.462 e. The van der Waals surface area contributed by atoms with E-state index in [4.69, 9.17) is 9.47 Å². The molecule has 2 amide bonds. The first kappa shape index (κ1) is 25.4. The van der Waals surface area contributed by atoms with Gasteiger partial charge in [-0.3, -0.25) is 14.4 Å². The van der Waals surface area contributed by atoms with Crippen LogP contribution in [0.4, 0.5) is 11.4 Å². The van der Waals surface area contributed by atoms with Crippen LogP contribution < -0.4 is 10.2 Å². The summed E-state index contributed by atoms with van der Waals surface area (Å²) < 4.78 is 11.2. The Bertz CT molecular complexity index is 1070. The normalized spacial score (nSPS) is 15.2. The molecule has 0 unspecified atom stereocenters. The third-order valence-electron chi connectivity index (χ3n) is 5.38. The lowest BCUT2D eigenvalue weighted by Crippen LogP contribution is -2.28. The van der Waals surface area contributed by atoms with Crippen LogP contribution in [0.5, 0.6) is 0 Å². The average molecular weight is 531 g/mol. The number of halogens is 1. The second-order valence-electron chi connectivity index (χ2n) is 7.90. The summed E-state index contributed by atoms with van der Waals surface area (Å²) in [5.41, 5.74) is 2.59. The Morgan fingerprint density at radius 2 is 1.82 bits per heavy atom. The molecule has 1 saturated heterocycles. The Balaban J connectivity index is 1.53. The van der Waals surface area contributed by atoms with Gasteiger partial charge in [-0.1, -0.05) is 29.8 Å². The van der Waals surface area contributed by atoms with Gasteiger partial charge < -0.3 is 19.7 Å². The molecule has 0 aliphatic carbocycles. The SMILES string of the molecule is CCCOC(=O)c1ccc(N2C[C@@H](C(=O)OCC(=O)Nc3ccc(Br)cc3CC)CC2=O)cc1. The van der Waals surface area contributed by atoms with E-state index >= 15 is 0 Å². The number of anilines is 2. The van der Waals surface area contributed by atoms with E-state index < -0.39 is 30.4 Å². The molecule has 1 N–H and O–H groups in total. The topological polar surface area (TPSA) is 102 Å². The van der Waals surface area contributed by atoms with Crippen LogP contribution in [0.3, 0.4) is 0 Å². The summed E-state index contributed by atoms with van der Waals surface area (Å²) in [4.78, 5) is 50.6. The van der Waals surface area contributed by atoms with Gasteiger partial charge in [-0.25, -0.2) is 4.79 Å². The molecule has 0 bridgehead atoms. The largest absolute Gasteiger partial charge is 0.462 e. The van der Waals surface area contributed by atoms with Crippen molar-refractivity contribution in [3.8, 4) is 0 Å². The average Bonchev–Trinajstić information content (AvgIpc) is 3.23. The molecule has 2 aromatic rings. The molecule has 1 heterocycles. The fraction of sp³-hybridized carbons (Fsp3) is 0.360. The van der Waals surface area contributed by atoms with E-state index in [1.54, 1.807) is 30.3 Å². The first-order chi connectivity index (χ1) is 16.3. The monoisotopic (exact) mass is 530 g/mol. The van der Waals surface area contributed by atoms with Crippen molar-refractivity contribution in [3.05, 3.63) is 58.1 Å². The number of nitrogens with zero attached hydrogens (tertiary/aromatic N) is 1. The molecule has 1 atom stereocenters. The van der Waals surface area contributed by atoms with E-state index in [0.29, 0.717) is 23.5 Å². The minimum absolute atomic E-state index is 0.00651. The Kier molecular flexibility index (Phi) is 8.81. The molecular formula is C25H27BrN2O6. The third-order valence-corrected chi connectivity index (χ3v) is 5.87. The number of benzene rings is 2. The number of carbonyl (C=O) groups excluding carboxylic acids is 4. The van der Waals surface area contributed by atoms with Gasteiger partial charge in [0.2, 0.25) is 5.91 Å². The molecule has 0 spiro atoms. The Hall–Kier alpha value is -3.20. The molecule has 3 rings (SSSR count). The van der Waals surface area contributed by atoms with Crippen molar-refractivity contribution in [2.24, 2.45) is 5.92 Å². The third kappa shape index (κ3) is 6.44. The molecule has 8 nitrogen and oxygen atoms in total. The maximum absolute atomic E-state index is 12.5. The zero-order valence-electron chi connectivity index (χ0n) is 19.1. The number of esters is 2. The maximum Gasteiger partial charge on any atom is 0.338 e. The van der Waals surface area contributed by atoms with Gasteiger partial charge >= 0.3 is 11.9 Å². The fourth-order valence-corrected chi connectivity index (χ4v) is 4.00. The van der Waals surface area contributed by atoms with Crippen LogP contribution in [-0.4, -0.2) is 43.5 Å². The van der Waals surface area contributed by atoms with E-state index in [9.17, 15) is 19.2 Å². The Morgan fingerprint density at radius 3 is 2.50 bits per heavy atom. The van der Waals surface area contributed by atoms with Crippen LogP contribution >= 0.6 is 15.9 Å². The summed E-state index contributed by atoms with van der Waals surface area (Å²) in [5, 5.41) is 2.75. The van der Waals surface area contributed by atoms with E-state index in [1.165, 1.54) is 4.90 Å². The van der Waals surface area contributed by atoms with Gasteiger partial charge in [0.25, 0.3) is 5.91 Å². The van der Waals surface area contributed by atoms with Gasteiger partial charge in [-0.2, -0.15) is 0 Å². The summed E-state index contributed by atoms with van der Waals surface area (Å²) in [7, 11) is 0. The van der Waals surface area contributed by atoms with Crippen molar-refractivity contribution in [1.29, 1.82) is 0 Å². The fourth-order valence-electron chi connectivity index (χ4n) is 3.59. The van der Waals surface area contributed by atoms with Gasteiger partial charge in [0, 0.05) is 28.8 Å². The highest BCUT2D eigenvalue weighted by atomic mass is 79.9. The molecular weight excluding hydrogens is 504 g/mol. The van der Waals surface area contributed by atoms with Crippen LogP contribution in [0.1, 0.15) is 42.6 Å². The second-order valence-corrected chi connectivity index (χ2v) is 8.81. The van der Waals surface area contributed by atoms with Crippen molar-refractivity contribution in [2.75, 3.05) is 30.0 Å². The van der Waals surface area contributed by atoms with Crippen molar-refractivity contribution in [1.82, 2.24) is 0 Å². The molecule has 0 radical (unpaired) electrons. The van der Waals surface area contributed by atoms with Gasteiger partial charge in [-0.05, 0) is 60.9 Å². The molecule has 0 saturated carbocycles. The Labute approximate surface area is 206 Å². The molecule has 9 heteroatoms. The van der Waals surface area contributed by atoms with E-state index in [2.05, 4.69) is 21.2 Å². The first-order valence-electron chi connectivity index (χ1n) is 11.1. The van der Waals surface area contributed by atoms with Crippen LogP contribution in [-0.2, 0) is 30.3 Å². The zero-order chi connectivity index (χ0) is 24.7. The lowest BCUT2D eigenvalue weighted by Gasteiger charge is -2.17. The predicted octanol–water partition coefficient (Wildman–Crippen LogP) is 4.11. The van der Waals surface area contributed by atoms with Gasteiger partial charge in [0.15, 0.2) is 6.61 Å². The summed E-state index contributed by atoms with van der Waals surface area (Å²) in [6.07, 6.45) is 1.46. The van der Waals surface area contributed by atoms with Gasteiger partial charge in [0.1, 0.15) is 0 Å². The molecule has 0 aromatic heterocycles. The van der Waals surface area contributed by atoms with E-state index in [-0.39, 0.29) is 18.9 Å². The van der Waals surface area contributed by atoms with Crippen LogP contribution in [0, 0.1) is 5.92 Å². The smallest absolute Gasteiger partial charge is 0.338 e. The van der Waals surface area contributed by atoms with E-state index in [0.717, 1.165) is 22.9 Å². The molecule has 2 aromatic carbocycles. The predicted molar refractivity (Wildman–Crippen MR) is 131 cm³/mol. The van der Waals surface area contributed by atoms with Crippen molar-refractivity contribution >= 4 is 51.1 Å².